The summed E-state index contributed by atoms with van der Waals surface area (Å²) in [5.41, 5.74) is 0.876. The molecule has 0 radical (unpaired) electrons. The van der Waals surface area contributed by atoms with Crippen molar-refractivity contribution in [2.24, 2.45) is 23.2 Å². The minimum atomic E-state index is -0.151. The monoisotopic (exact) mass is 412 g/mol. The fourth-order valence-corrected chi connectivity index (χ4v) is 6.66. The lowest BCUT2D eigenvalue weighted by Crippen LogP contribution is -2.55. The van der Waals surface area contributed by atoms with Crippen molar-refractivity contribution in [2.75, 3.05) is 13.2 Å². The summed E-state index contributed by atoms with van der Waals surface area (Å²) in [6.45, 7) is 5.13. The van der Waals surface area contributed by atoms with Gasteiger partial charge in [-0.2, -0.15) is 0 Å². The van der Waals surface area contributed by atoms with Crippen molar-refractivity contribution in [1.82, 2.24) is 10.6 Å². The number of rotatable bonds is 9. The van der Waals surface area contributed by atoms with Crippen molar-refractivity contribution >= 4 is 11.8 Å². The van der Waals surface area contributed by atoms with Gasteiger partial charge in [0.05, 0.1) is 12.2 Å². The average molecular weight is 413 g/mol. The van der Waals surface area contributed by atoms with Crippen LogP contribution in [0.15, 0.2) is 24.3 Å². The SMILES string of the molecule is CCOc1ccccc1C(=O)NCCCC(=O)N[C@@H](C)C12CC3CC(CC(C3)C1)C2. The molecule has 30 heavy (non-hydrogen) atoms. The zero-order valence-electron chi connectivity index (χ0n) is 18.4. The normalized spacial score (nSPS) is 30.0. The number of carbonyl (C=O) groups is 2. The molecule has 0 aromatic heterocycles. The third kappa shape index (κ3) is 4.50. The van der Waals surface area contributed by atoms with Gasteiger partial charge in [-0.15, -0.1) is 0 Å². The molecule has 4 bridgehead atoms. The third-order valence-electron chi connectivity index (χ3n) is 7.68. The summed E-state index contributed by atoms with van der Waals surface area (Å²) in [7, 11) is 0. The highest BCUT2D eigenvalue weighted by molar-refractivity contribution is 5.96. The number of hydrogen-bond acceptors (Lipinski definition) is 3. The Bertz CT molecular complexity index is 740. The van der Waals surface area contributed by atoms with Crippen molar-refractivity contribution in [2.45, 2.75) is 71.3 Å². The Labute approximate surface area is 180 Å². The van der Waals surface area contributed by atoms with Gasteiger partial charge in [-0.05, 0) is 94.1 Å². The first-order chi connectivity index (χ1) is 14.5. The molecule has 0 unspecified atom stereocenters. The first-order valence-corrected chi connectivity index (χ1v) is 11.8. The second kappa shape index (κ2) is 8.99. The van der Waals surface area contributed by atoms with Crippen LogP contribution in [0.3, 0.4) is 0 Å². The van der Waals surface area contributed by atoms with Gasteiger partial charge >= 0.3 is 0 Å². The summed E-state index contributed by atoms with van der Waals surface area (Å²) in [5.74, 6) is 3.24. The van der Waals surface area contributed by atoms with Crippen molar-refractivity contribution in [3.8, 4) is 5.75 Å². The van der Waals surface area contributed by atoms with Crippen LogP contribution >= 0.6 is 0 Å². The van der Waals surface area contributed by atoms with E-state index in [1.807, 2.05) is 19.1 Å². The maximum Gasteiger partial charge on any atom is 0.255 e. The highest BCUT2D eigenvalue weighted by atomic mass is 16.5. The Kier molecular flexibility index (Phi) is 6.35. The van der Waals surface area contributed by atoms with Crippen molar-refractivity contribution in [3.63, 3.8) is 0 Å². The molecule has 4 fully saturated rings. The summed E-state index contributed by atoms with van der Waals surface area (Å²) in [4.78, 5) is 25.0. The van der Waals surface area contributed by atoms with Crippen molar-refractivity contribution < 1.29 is 14.3 Å². The predicted octanol–water partition coefficient (Wildman–Crippen LogP) is 4.32. The van der Waals surface area contributed by atoms with Gasteiger partial charge in [-0.25, -0.2) is 0 Å². The third-order valence-corrected chi connectivity index (χ3v) is 7.68. The van der Waals surface area contributed by atoms with Crippen LogP contribution in [0.25, 0.3) is 0 Å². The molecule has 1 atom stereocenters. The summed E-state index contributed by atoms with van der Waals surface area (Å²) in [6, 6.07) is 7.51. The molecule has 0 aliphatic heterocycles. The van der Waals surface area contributed by atoms with Crippen LogP contribution in [-0.2, 0) is 4.79 Å². The van der Waals surface area contributed by atoms with E-state index in [1.165, 1.54) is 38.5 Å². The largest absolute Gasteiger partial charge is 0.493 e. The molecule has 164 valence electrons. The second-order valence-electron chi connectivity index (χ2n) is 9.86. The van der Waals surface area contributed by atoms with Gasteiger partial charge < -0.3 is 15.4 Å². The van der Waals surface area contributed by atoms with Crippen LogP contribution in [0, 0.1) is 23.2 Å². The van der Waals surface area contributed by atoms with Crippen molar-refractivity contribution in [1.29, 1.82) is 0 Å². The molecular weight excluding hydrogens is 376 g/mol. The molecule has 5 nitrogen and oxygen atoms in total. The topological polar surface area (TPSA) is 67.4 Å². The van der Waals surface area contributed by atoms with Crippen LogP contribution in [0.4, 0.5) is 0 Å². The van der Waals surface area contributed by atoms with E-state index in [2.05, 4.69) is 17.6 Å². The Hall–Kier alpha value is -2.04. The molecule has 5 heteroatoms. The van der Waals surface area contributed by atoms with E-state index in [0.717, 1.165) is 17.8 Å². The number of para-hydroxylation sites is 1. The van der Waals surface area contributed by atoms with E-state index in [9.17, 15) is 9.59 Å². The Balaban J connectivity index is 1.21. The van der Waals surface area contributed by atoms with E-state index in [0.29, 0.717) is 42.7 Å². The smallest absolute Gasteiger partial charge is 0.255 e. The molecule has 0 spiro atoms. The van der Waals surface area contributed by atoms with Gasteiger partial charge in [0.25, 0.3) is 5.91 Å². The molecule has 2 amide bonds. The molecular formula is C25H36N2O3. The summed E-state index contributed by atoms with van der Waals surface area (Å²) >= 11 is 0. The minimum absolute atomic E-state index is 0.113. The number of ether oxygens (including phenoxy) is 1. The molecule has 4 aliphatic carbocycles. The summed E-state index contributed by atoms with van der Waals surface area (Å²) < 4.78 is 5.52. The van der Waals surface area contributed by atoms with Gasteiger partial charge in [0.15, 0.2) is 0 Å². The molecule has 5 rings (SSSR count). The number of nitrogens with one attached hydrogen (secondary N) is 2. The molecule has 1 aromatic rings. The lowest BCUT2D eigenvalue weighted by Gasteiger charge is -2.59. The average Bonchev–Trinajstić information content (AvgIpc) is 2.70. The molecule has 4 aliphatic rings. The zero-order chi connectivity index (χ0) is 21.1. The zero-order valence-corrected chi connectivity index (χ0v) is 18.4. The van der Waals surface area contributed by atoms with E-state index >= 15 is 0 Å². The highest BCUT2D eigenvalue weighted by Crippen LogP contribution is 2.61. The predicted molar refractivity (Wildman–Crippen MR) is 117 cm³/mol. The lowest BCUT2D eigenvalue weighted by molar-refractivity contribution is -0.126. The first kappa shape index (κ1) is 21.2. The van der Waals surface area contributed by atoms with Crippen LogP contribution < -0.4 is 15.4 Å². The van der Waals surface area contributed by atoms with Crippen LogP contribution in [0.1, 0.15) is 75.6 Å². The van der Waals surface area contributed by atoms with Gasteiger partial charge in [-0.3, -0.25) is 9.59 Å². The number of hydrogen-bond donors (Lipinski definition) is 2. The maximum absolute atomic E-state index is 12.6. The minimum Gasteiger partial charge on any atom is -0.493 e. The Morgan fingerprint density at radius 1 is 1.10 bits per heavy atom. The van der Waals surface area contributed by atoms with Crippen LogP contribution in [0.2, 0.25) is 0 Å². The molecule has 0 saturated heterocycles. The number of benzene rings is 1. The Morgan fingerprint density at radius 2 is 1.73 bits per heavy atom. The quantitative estimate of drug-likeness (QED) is 0.594. The summed E-state index contributed by atoms with van der Waals surface area (Å²) in [5, 5.41) is 6.23. The fraction of sp³-hybridized carbons (Fsp3) is 0.680. The lowest BCUT2D eigenvalue weighted by atomic mass is 9.48. The molecule has 2 N–H and O–H groups in total. The van der Waals surface area contributed by atoms with Gasteiger partial charge in [0, 0.05) is 19.0 Å². The van der Waals surface area contributed by atoms with Gasteiger partial charge in [-0.1, -0.05) is 12.1 Å². The first-order valence-electron chi connectivity index (χ1n) is 11.8. The number of carbonyl (C=O) groups excluding carboxylic acids is 2. The van der Waals surface area contributed by atoms with E-state index in [4.69, 9.17) is 4.74 Å². The molecule has 1 aromatic carbocycles. The second-order valence-corrected chi connectivity index (χ2v) is 9.86. The standard InChI is InChI=1S/C25H36N2O3/c1-3-30-22-8-5-4-7-21(22)24(29)26-10-6-9-23(28)27-17(2)25-14-18-11-19(15-25)13-20(12-18)16-25/h4-5,7-8,17-20H,3,6,9-16H2,1-2H3,(H,26,29)(H,27,28)/t17-,18?,19?,20?,25?/m0/s1. The van der Waals surface area contributed by atoms with Crippen LogP contribution in [-0.4, -0.2) is 31.0 Å². The van der Waals surface area contributed by atoms with Gasteiger partial charge in [0.2, 0.25) is 5.91 Å². The van der Waals surface area contributed by atoms with Gasteiger partial charge in [0.1, 0.15) is 5.75 Å². The van der Waals surface area contributed by atoms with Crippen LogP contribution in [0.5, 0.6) is 5.75 Å². The van der Waals surface area contributed by atoms with Crippen molar-refractivity contribution in [3.05, 3.63) is 29.8 Å². The van der Waals surface area contributed by atoms with E-state index in [-0.39, 0.29) is 17.9 Å². The molecule has 0 heterocycles. The fourth-order valence-electron chi connectivity index (χ4n) is 6.66. The Morgan fingerprint density at radius 3 is 2.37 bits per heavy atom. The maximum atomic E-state index is 12.6. The summed E-state index contributed by atoms with van der Waals surface area (Å²) in [6.07, 6.45) is 9.26. The molecule has 4 saturated carbocycles. The highest BCUT2D eigenvalue weighted by Gasteiger charge is 2.53. The van der Waals surface area contributed by atoms with E-state index in [1.54, 1.807) is 12.1 Å². The number of amides is 2. The van der Waals surface area contributed by atoms with E-state index < -0.39 is 0 Å².